The van der Waals surface area contributed by atoms with Gasteiger partial charge in [-0.05, 0) is 55.3 Å². The Labute approximate surface area is 201 Å². The van der Waals surface area contributed by atoms with Crippen LogP contribution in [0.1, 0.15) is 41.6 Å². The van der Waals surface area contributed by atoms with Crippen LogP contribution >= 0.6 is 0 Å². The second-order valence-electron chi connectivity index (χ2n) is 9.38. The van der Waals surface area contributed by atoms with Crippen molar-refractivity contribution in [3.63, 3.8) is 0 Å². The van der Waals surface area contributed by atoms with Crippen LogP contribution in [0.5, 0.6) is 0 Å². The summed E-state index contributed by atoms with van der Waals surface area (Å²) in [4.78, 5) is 43.4. The maximum absolute atomic E-state index is 13.0. The number of carbonyl (C=O) groups is 3. The van der Waals surface area contributed by atoms with Crippen LogP contribution < -0.4 is 9.80 Å². The van der Waals surface area contributed by atoms with E-state index in [1.54, 1.807) is 35.2 Å². The van der Waals surface area contributed by atoms with Gasteiger partial charge in [0.1, 0.15) is 0 Å². The summed E-state index contributed by atoms with van der Waals surface area (Å²) in [6, 6.07) is 11.7. The molecule has 2 heterocycles. The third-order valence-electron chi connectivity index (χ3n) is 7.32. The highest BCUT2D eigenvalue weighted by molar-refractivity contribution is 6.22. The van der Waals surface area contributed by atoms with E-state index in [-0.39, 0.29) is 29.6 Å². The maximum Gasteiger partial charge on any atom is 0.416 e. The van der Waals surface area contributed by atoms with Crippen molar-refractivity contribution in [1.82, 2.24) is 4.90 Å². The highest BCUT2D eigenvalue weighted by atomic mass is 19.4. The van der Waals surface area contributed by atoms with Crippen LogP contribution in [0.25, 0.3) is 0 Å². The van der Waals surface area contributed by atoms with E-state index in [1.807, 2.05) is 4.90 Å². The van der Waals surface area contributed by atoms with Crippen LogP contribution in [0.4, 0.5) is 24.5 Å². The zero-order valence-corrected chi connectivity index (χ0v) is 19.1. The lowest BCUT2D eigenvalue weighted by Crippen LogP contribution is -2.48. The summed E-state index contributed by atoms with van der Waals surface area (Å²) in [5, 5.41) is 0. The van der Waals surface area contributed by atoms with Gasteiger partial charge in [0, 0.05) is 37.4 Å². The van der Waals surface area contributed by atoms with Gasteiger partial charge in [-0.2, -0.15) is 13.2 Å². The number of benzene rings is 2. The van der Waals surface area contributed by atoms with Crippen LogP contribution in [0.15, 0.2) is 48.5 Å². The molecule has 184 valence electrons. The van der Waals surface area contributed by atoms with Gasteiger partial charge >= 0.3 is 6.18 Å². The SMILES string of the molecule is O=C(c1ccc(N2C(=O)[C@H]3CCCC[C@H]3C2=O)cc1)N1CCN(c2cccc(C(F)(F)F)c2)CC1. The zero-order chi connectivity index (χ0) is 24.7. The minimum absolute atomic E-state index is 0.149. The minimum Gasteiger partial charge on any atom is -0.368 e. The summed E-state index contributed by atoms with van der Waals surface area (Å²) in [5.74, 6) is -0.946. The molecule has 2 atom stereocenters. The van der Waals surface area contributed by atoms with E-state index in [4.69, 9.17) is 0 Å². The Morgan fingerprint density at radius 3 is 1.97 bits per heavy atom. The van der Waals surface area contributed by atoms with Gasteiger partial charge in [-0.15, -0.1) is 0 Å². The smallest absolute Gasteiger partial charge is 0.368 e. The van der Waals surface area contributed by atoms with Gasteiger partial charge in [0.25, 0.3) is 5.91 Å². The van der Waals surface area contributed by atoms with Gasteiger partial charge < -0.3 is 9.80 Å². The Bertz CT molecular complexity index is 1120. The fourth-order valence-electron chi connectivity index (χ4n) is 5.40. The molecule has 2 aromatic carbocycles. The average Bonchev–Trinajstić information content (AvgIpc) is 3.13. The Balaban J connectivity index is 1.23. The highest BCUT2D eigenvalue weighted by Gasteiger charge is 2.48. The average molecular weight is 486 g/mol. The predicted molar refractivity (Wildman–Crippen MR) is 124 cm³/mol. The van der Waals surface area contributed by atoms with Gasteiger partial charge in [0.2, 0.25) is 11.8 Å². The highest BCUT2D eigenvalue weighted by Crippen LogP contribution is 2.40. The number of hydrogen-bond donors (Lipinski definition) is 0. The van der Waals surface area contributed by atoms with Crippen molar-refractivity contribution in [3.8, 4) is 0 Å². The Morgan fingerprint density at radius 1 is 0.800 bits per heavy atom. The molecule has 5 rings (SSSR count). The quantitative estimate of drug-likeness (QED) is 0.607. The largest absolute Gasteiger partial charge is 0.416 e. The lowest BCUT2D eigenvalue weighted by Gasteiger charge is -2.36. The van der Waals surface area contributed by atoms with E-state index >= 15 is 0 Å². The molecule has 2 aliphatic heterocycles. The standard InChI is InChI=1S/C26H26F3N3O3/c27-26(28,29)18-4-3-5-20(16-18)30-12-14-31(15-13-30)23(33)17-8-10-19(11-9-17)32-24(34)21-6-1-2-7-22(21)25(32)35/h3-5,8-11,16,21-22H,1-2,6-7,12-15H2/t21-,22+. The number of nitrogens with zero attached hydrogens (tertiary/aromatic N) is 3. The van der Waals surface area contributed by atoms with Crippen LogP contribution in [-0.4, -0.2) is 48.8 Å². The molecule has 6 nitrogen and oxygen atoms in total. The van der Waals surface area contributed by atoms with Crippen molar-refractivity contribution in [2.45, 2.75) is 31.9 Å². The normalized spacial score (nSPS) is 23.0. The monoisotopic (exact) mass is 485 g/mol. The summed E-state index contributed by atoms with van der Waals surface area (Å²) in [5.41, 5.74) is 0.720. The summed E-state index contributed by atoms with van der Waals surface area (Å²) >= 11 is 0. The second kappa shape index (κ2) is 9.02. The van der Waals surface area contributed by atoms with E-state index in [2.05, 4.69) is 0 Å². The molecule has 2 saturated heterocycles. The minimum atomic E-state index is -4.40. The summed E-state index contributed by atoms with van der Waals surface area (Å²) in [6.45, 7) is 1.60. The van der Waals surface area contributed by atoms with Crippen molar-refractivity contribution in [3.05, 3.63) is 59.7 Å². The number of rotatable bonds is 3. The van der Waals surface area contributed by atoms with E-state index < -0.39 is 11.7 Å². The number of anilines is 2. The van der Waals surface area contributed by atoms with E-state index in [9.17, 15) is 27.6 Å². The Hall–Kier alpha value is -3.36. The third-order valence-corrected chi connectivity index (χ3v) is 7.32. The number of fused-ring (bicyclic) bond motifs is 1. The van der Waals surface area contributed by atoms with Crippen LogP contribution in [0.2, 0.25) is 0 Å². The van der Waals surface area contributed by atoms with Crippen molar-refractivity contribution in [2.75, 3.05) is 36.0 Å². The first kappa shape index (κ1) is 23.4. The molecule has 0 unspecified atom stereocenters. The van der Waals surface area contributed by atoms with Gasteiger partial charge in [-0.3, -0.25) is 19.3 Å². The van der Waals surface area contributed by atoms with Crippen molar-refractivity contribution >= 4 is 29.1 Å². The Kier molecular flexibility index (Phi) is 6.02. The number of alkyl halides is 3. The first-order chi connectivity index (χ1) is 16.7. The molecule has 0 spiro atoms. The molecule has 0 bridgehead atoms. The molecule has 3 amide bonds. The number of carbonyl (C=O) groups excluding carboxylic acids is 3. The molecule has 1 aliphatic carbocycles. The lowest BCUT2D eigenvalue weighted by molar-refractivity contribution is -0.137. The molecule has 3 fully saturated rings. The maximum atomic E-state index is 13.0. The molecule has 9 heteroatoms. The van der Waals surface area contributed by atoms with Gasteiger partial charge in [0.15, 0.2) is 0 Å². The Morgan fingerprint density at radius 2 is 1.40 bits per heavy atom. The van der Waals surface area contributed by atoms with Crippen LogP contribution in [0.3, 0.4) is 0 Å². The fraction of sp³-hybridized carbons (Fsp3) is 0.423. The number of imide groups is 1. The molecule has 3 aliphatic rings. The molecule has 0 N–H and O–H groups in total. The fourth-order valence-corrected chi connectivity index (χ4v) is 5.40. The predicted octanol–water partition coefficient (Wildman–Crippen LogP) is 4.35. The number of piperazine rings is 1. The first-order valence-corrected chi connectivity index (χ1v) is 11.9. The van der Waals surface area contributed by atoms with Crippen LogP contribution in [0, 0.1) is 11.8 Å². The summed E-state index contributed by atoms with van der Waals surface area (Å²) in [6.07, 6.45) is -0.989. The lowest BCUT2D eigenvalue weighted by atomic mass is 9.81. The molecule has 0 aromatic heterocycles. The summed E-state index contributed by atoms with van der Waals surface area (Å²) in [7, 11) is 0. The van der Waals surface area contributed by atoms with Gasteiger partial charge in [-0.1, -0.05) is 18.9 Å². The topological polar surface area (TPSA) is 60.9 Å². The molecule has 35 heavy (non-hydrogen) atoms. The zero-order valence-electron chi connectivity index (χ0n) is 19.1. The molecule has 1 saturated carbocycles. The van der Waals surface area contributed by atoms with E-state index in [0.717, 1.165) is 37.8 Å². The number of amides is 3. The van der Waals surface area contributed by atoms with E-state index in [1.165, 1.54) is 11.0 Å². The number of hydrogen-bond acceptors (Lipinski definition) is 4. The number of halogens is 3. The third kappa shape index (κ3) is 4.39. The molecular formula is C26H26F3N3O3. The van der Waals surface area contributed by atoms with Crippen LogP contribution in [-0.2, 0) is 15.8 Å². The second-order valence-corrected chi connectivity index (χ2v) is 9.38. The van der Waals surface area contributed by atoms with Gasteiger partial charge in [-0.25, -0.2) is 0 Å². The van der Waals surface area contributed by atoms with Crippen molar-refractivity contribution in [1.29, 1.82) is 0 Å². The van der Waals surface area contributed by atoms with E-state index in [0.29, 0.717) is 43.1 Å². The molecule has 2 aromatic rings. The summed E-state index contributed by atoms with van der Waals surface area (Å²) < 4.78 is 39.1. The molecular weight excluding hydrogens is 459 g/mol. The van der Waals surface area contributed by atoms with Crippen molar-refractivity contribution in [2.24, 2.45) is 11.8 Å². The molecule has 0 radical (unpaired) electrons. The van der Waals surface area contributed by atoms with Gasteiger partial charge in [0.05, 0.1) is 23.1 Å². The first-order valence-electron chi connectivity index (χ1n) is 11.9. The van der Waals surface area contributed by atoms with Crippen molar-refractivity contribution < 1.29 is 27.6 Å².